The Hall–Kier alpha value is -0.860. The lowest BCUT2D eigenvalue weighted by molar-refractivity contribution is 0.221. The average Bonchev–Trinajstić information content (AvgIpc) is 2.69. The summed E-state index contributed by atoms with van der Waals surface area (Å²) in [6.45, 7) is 14.1. The van der Waals surface area contributed by atoms with Crippen molar-refractivity contribution in [1.29, 1.82) is 0 Å². The molecular weight excluding hydrogens is 461 g/mol. The summed E-state index contributed by atoms with van der Waals surface area (Å²) < 4.78 is 0. The van der Waals surface area contributed by atoms with Gasteiger partial charge in [0.05, 0.1) is 0 Å². The Balaban J connectivity index is 0.00000392. The Morgan fingerprint density at radius 3 is 2.29 bits per heavy atom. The Bertz CT molecular complexity index is 553. The molecule has 5 nitrogen and oxygen atoms in total. The van der Waals surface area contributed by atoms with Crippen LogP contribution in [-0.4, -0.2) is 61.6 Å². The van der Waals surface area contributed by atoms with Gasteiger partial charge in [0, 0.05) is 39.3 Å². The topological polar surface area (TPSA) is 42.9 Å². The molecule has 160 valence electrons. The third-order valence-corrected chi connectivity index (χ3v) is 5.39. The predicted molar refractivity (Wildman–Crippen MR) is 132 cm³/mol. The minimum atomic E-state index is 0. The van der Waals surface area contributed by atoms with Crippen molar-refractivity contribution in [2.24, 2.45) is 4.99 Å². The summed E-state index contributed by atoms with van der Waals surface area (Å²) in [7, 11) is 1.83. The van der Waals surface area contributed by atoms with Crippen molar-refractivity contribution in [1.82, 2.24) is 20.4 Å². The lowest BCUT2D eigenvalue weighted by Gasteiger charge is -2.26. The van der Waals surface area contributed by atoms with Crippen molar-refractivity contribution in [3.8, 4) is 0 Å². The second kappa shape index (κ2) is 14.2. The number of halogens is 1. The van der Waals surface area contributed by atoms with E-state index in [0.29, 0.717) is 6.04 Å². The number of benzene rings is 1. The molecule has 1 saturated heterocycles. The van der Waals surface area contributed by atoms with Crippen molar-refractivity contribution in [3.05, 3.63) is 35.4 Å². The number of rotatable bonds is 9. The van der Waals surface area contributed by atoms with Crippen molar-refractivity contribution < 1.29 is 0 Å². The van der Waals surface area contributed by atoms with Gasteiger partial charge in [0.2, 0.25) is 0 Å². The van der Waals surface area contributed by atoms with Gasteiger partial charge in [-0.05, 0) is 57.5 Å². The molecule has 0 aliphatic carbocycles. The summed E-state index contributed by atoms with van der Waals surface area (Å²) in [6, 6.07) is 9.58. The van der Waals surface area contributed by atoms with Crippen LogP contribution < -0.4 is 10.6 Å². The second-order valence-corrected chi connectivity index (χ2v) is 7.73. The van der Waals surface area contributed by atoms with Gasteiger partial charge in [0.15, 0.2) is 5.96 Å². The van der Waals surface area contributed by atoms with Crippen LogP contribution in [0.5, 0.6) is 0 Å². The Morgan fingerprint density at radius 2 is 1.71 bits per heavy atom. The van der Waals surface area contributed by atoms with Gasteiger partial charge in [-0.25, -0.2) is 0 Å². The molecule has 0 radical (unpaired) electrons. The molecule has 1 heterocycles. The molecular formula is C22H40IN5. The number of nitrogens with zero attached hydrogens (tertiary/aromatic N) is 3. The van der Waals surface area contributed by atoms with Crippen LogP contribution in [0.15, 0.2) is 29.3 Å². The van der Waals surface area contributed by atoms with Crippen molar-refractivity contribution in [2.45, 2.75) is 59.2 Å². The molecule has 2 rings (SSSR count). The molecule has 0 saturated carbocycles. The van der Waals surface area contributed by atoms with Crippen LogP contribution >= 0.6 is 24.0 Å². The molecule has 2 N–H and O–H groups in total. The molecule has 0 aromatic heterocycles. The van der Waals surface area contributed by atoms with Gasteiger partial charge in [-0.2, -0.15) is 0 Å². The molecule has 1 fully saturated rings. The van der Waals surface area contributed by atoms with E-state index in [-0.39, 0.29) is 24.0 Å². The fourth-order valence-electron chi connectivity index (χ4n) is 3.64. The molecule has 1 aliphatic heterocycles. The first kappa shape index (κ1) is 25.2. The van der Waals surface area contributed by atoms with Crippen molar-refractivity contribution in [3.63, 3.8) is 0 Å². The molecule has 1 aliphatic rings. The molecule has 0 spiro atoms. The van der Waals surface area contributed by atoms with Gasteiger partial charge >= 0.3 is 0 Å². The van der Waals surface area contributed by atoms with Crippen molar-refractivity contribution in [2.75, 3.05) is 39.8 Å². The number of nitrogens with one attached hydrogen (secondary N) is 2. The third kappa shape index (κ3) is 9.09. The van der Waals surface area contributed by atoms with Crippen LogP contribution in [0.2, 0.25) is 0 Å². The SMILES string of the molecule is CCN(CCNC(=NC)NCc1ccc(CN2CCCCC2)cc1)C(C)C.I. The third-order valence-electron chi connectivity index (χ3n) is 5.39. The smallest absolute Gasteiger partial charge is 0.191 e. The van der Waals surface area contributed by atoms with Crippen molar-refractivity contribution >= 4 is 29.9 Å². The van der Waals surface area contributed by atoms with Gasteiger partial charge in [-0.1, -0.05) is 37.6 Å². The highest BCUT2D eigenvalue weighted by molar-refractivity contribution is 14.0. The highest BCUT2D eigenvalue weighted by Crippen LogP contribution is 2.13. The number of hydrogen-bond donors (Lipinski definition) is 2. The van der Waals surface area contributed by atoms with Crippen LogP contribution in [0.25, 0.3) is 0 Å². The van der Waals surface area contributed by atoms with E-state index in [1.54, 1.807) is 0 Å². The van der Waals surface area contributed by atoms with Crippen LogP contribution in [0, 0.1) is 0 Å². The number of hydrogen-bond acceptors (Lipinski definition) is 3. The fraction of sp³-hybridized carbons (Fsp3) is 0.682. The maximum atomic E-state index is 4.33. The van der Waals surface area contributed by atoms with Gasteiger partial charge in [-0.15, -0.1) is 24.0 Å². The van der Waals surface area contributed by atoms with E-state index in [4.69, 9.17) is 0 Å². The number of piperidine rings is 1. The first-order valence-corrected chi connectivity index (χ1v) is 10.6. The molecule has 28 heavy (non-hydrogen) atoms. The first-order chi connectivity index (χ1) is 13.1. The maximum Gasteiger partial charge on any atom is 0.191 e. The van der Waals surface area contributed by atoms with Crippen LogP contribution in [0.3, 0.4) is 0 Å². The zero-order valence-electron chi connectivity index (χ0n) is 18.2. The van der Waals surface area contributed by atoms with Crippen LogP contribution in [0.1, 0.15) is 51.2 Å². The minimum absolute atomic E-state index is 0. The fourth-order valence-corrected chi connectivity index (χ4v) is 3.64. The van der Waals surface area contributed by atoms with E-state index in [1.807, 2.05) is 7.05 Å². The summed E-state index contributed by atoms with van der Waals surface area (Å²) >= 11 is 0. The van der Waals surface area contributed by atoms with E-state index in [2.05, 4.69) is 70.5 Å². The lowest BCUT2D eigenvalue weighted by Crippen LogP contribution is -2.42. The summed E-state index contributed by atoms with van der Waals surface area (Å²) in [6.07, 6.45) is 4.09. The molecule has 6 heteroatoms. The molecule has 1 aromatic rings. The zero-order chi connectivity index (χ0) is 19.5. The van der Waals surface area contributed by atoms with E-state index in [0.717, 1.165) is 38.7 Å². The highest BCUT2D eigenvalue weighted by Gasteiger charge is 2.10. The number of guanidine groups is 1. The van der Waals surface area contributed by atoms with E-state index in [9.17, 15) is 0 Å². The Morgan fingerprint density at radius 1 is 1.07 bits per heavy atom. The number of likely N-dealkylation sites (N-methyl/N-ethyl adjacent to an activating group) is 1. The average molecular weight is 502 g/mol. The zero-order valence-corrected chi connectivity index (χ0v) is 20.5. The normalized spacial score (nSPS) is 15.6. The van der Waals surface area contributed by atoms with Gasteiger partial charge < -0.3 is 10.6 Å². The monoisotopic (exact) mass is 501 g/mol. The van der Waals surface area contributed by atoms with E-state index in [1.165, 1.54) is 43.5 Å². The van der Waals surface area contributed by atoms with Crippen LogP contribution in [0.4, 0.5) is 0 Å². The first-order valence-electron chi connectivity index (χ1n) is 10.6. The maximum absolute atomic E-state index is 4.33. The highest BCUT2D eigenvalue weighted by atomic mass is 127. The standard InChI is InChI=1S/C22H39N5.HI/c1-5-27(19(2)3)16-13-24-22(23-4)25-17-20-9-11-21(12-10-20)18-26-14-7-6-8-15-26;/h9-12,19H,5-8,13-18H2,1-4H3,(H2,23,24,25);1H. The Labute approximate surface area is 189 Å². The summed E-state index contributed by atoms with van der Waals surface area (Å²) in [5.74, 6) is 0.868. The summed E-state index contributed by atoms with van der Waals surface area (Å²) in [5.41, 5.74) is 2.70. The molecule has 1 aromatic carbocycles. The molecule has 0 atom stereocenters. The van der Waals surface area contributed by atoms with Crippen LogP contribution in [-0.2, 0) is 13.1 Å². The summed E-state index contributed by atoms with van der Waals surface area (Å²) in [5, 5.41) is 6.83. The number of likely N-dealkylation sites (tertiary alicyclic amines) is 1. The van der Waals surface area contributed by atoms with Gasteiger partial charge in [0.1, 0.15) is 0 Å². The quantitative estimate of drug-likeness (QED) is 0.308. The van der Waals surface area contributed by atoms with Gasteiger partial charge in [-0.3, -0.25) is 14.8 Å². The molecule has 0 amide bonds. The van der Waals surface area contributed by atoms with E-state index < -0.39 is 0 Å². The second-order valence-electron chi connectivity index (χ2n) is 7.73. The predicted octanol–water partition coefficient (Wildman–Crippen LogP) is 3.69. The summed E-state index contributed by atoms with van der Waals surface area (Å²) in [4.78, 5) is 9.35. The minimum Gasteiger partial charge on any atom is -0.355 e. The Kier molecular flexibility index (Phi) is 12.7. The molecule has 0 unspecified atom stereocenters. The van der Waals surface area contributed by atoms with Gasteiger partial charge in [0.25, 0.3) is 0 Å². The lowest BCUT2D eigenvalue weighted by atomic mass is 10.1. The van der Waals surface area contributed by atoms with E-state index >= 15 is 0 Å². The molecule has 0 bridgehead atoms. The largest absolute Gasteiger partial charge is 0.355 e. The number of aliphatic imine (C=N–C) groups is 1.